The van der Waals surface area contributed by atoms with E-state index in [0.717, 1.165) is 5.82 Å². The van der Waals surface area contributed by atoms with Gasteiger partial charge in [-0.15, -0.1) is 0 Å². The number of nitro groups is 3. The van der Waals surface area contributed by atoms with Crippen molar-refractivity contribution in [1.29, 1.82) is 0 Å². The summed E-state index contributed by atoms with van der Waals surface area (Å²) in [7, 11) is 0. The van der Waals surface area contributed by atoms with Gasteiger partial charge in [0.15, 0.2) is 0 Å². The van der Waals surface area contributed by atoms with Gasteiger partial charge < -0.3 is 10.1 Å². The summed E-state index contributed by atoms with van der Waals surface area (Å²) in [6, 6.07) is 0.894. The van der Waals surface area contributed by atoms with Crippen LogP contribution in [0.4, 0.5) is 17.1 Å². The Balaban J connectivity index is 0.000000335. The lowest BCUT2D eigenvalue weighted by Gasteiger charge is -1.97. The molecule has 0 unspecified atom stereocenters. The zero-order valence-electron chi connectivity index (χ0n) is 11.0. The molecule has 0 atom stereocenters. The molecule has 0 aliphatic carbocycles. The Labute approximate surface area is 121 Å². The van der Waals surface area contributed by atoms with Crippen molar-refractivity contribution in [3.63, 3.8) is 0 Å². The molecule has 0 saturated carbocycles. The molecule has 2 N–H and O–H groups in total. The van der Waals surface area contributed by atoms with Crippen molar-refractivity contribution < 1.29 is 19.9 Å². The zero-order valence-corrected chi connectivity index (χ0v) is 11.0. The first-order chi connectivity index (χ1) is 10.2. The fourth-order valence-electron chi connectivity index (χ4n) is 1.32. The van der Waals surface area contributed by atoms with Crippen LogP contribution in [-0.4, -0.2) is 29.8 Å². The molecule has 0 radical (unpaired) electrons. The average molecular weight is 311 g/mol. The summed E-state index contributed by atoms with van der Waals surface area (Å²) >= 11 is 0. The number of imidazole rings is 1. The van der Waals surface area contributed by atoms with E-state index in [2.05, 4.69) is 9.97 Å². The van der Waals surface area contributed by atoms with E-state index < -0.39 is 37.6 Å². The van der Waals surface area contributed by atoms with Crippen molar-refractivity contribution >= 4 is 17.1 Å². The SMILES string of the molecule is Cc1ncc[nH]1.O=[N+]([O-])c1cc([N+](=O)[O-])c(O)c([N+](=O)[O-])c1. The van der Waals surface area contributed by atoms with E-state index in [0.29, 0.717) is 12.1 Å². The largest absolute Gasteiger partial charge is 0.497 e. The molecular weight excluding hydrogens is 302 g/mol. The first-order valence-electron chi connectivity index (χ1n) is 5.50. The van der Waals surface area contributed by atoms with Gasteiger partial charge in [0.25, 0.3) is 11.4 Å². The summed E-state index contributed by atoms with van der Waals surface area (Å²) in [6.07, 6.45) is 3.53. The van der Waals surface area contributed by atoms with Crippen molar-refractivity contribution in [1.82, 2.24) is 9.97 Å². The number of aromatic amines is 1. The molecule has 1 aromatic carbocycles. The van der Waals surface area contributed by atoms with E-state index in [1.807, 2.05) is 6.92 Å². The number of rotatable bonds is 3. The highest BCUT2D eigenvalue weighted by molar-refractivity contribution is 5.64. The van der Waals surface area contributed by atoms with E-state index in [9.17, 15) is 30.3 Å². The van der Waals surface area contributed by atoms with E-state index in [-0.39, 0.29) is 0 Å². The first-order valence-corrected chi connectivity index (χ1v) is 5.50. The number of aromatic nitrogens is 2. The number of non-ortho nitro benzene ring substituents is 1. The van der Waals surface area contributed by atoms with Gasteiger partial charge in [-0.25, -0.2) is 4.98 Å². The average Bonchev–Trinajstić information content (AvgIpc) is 2.89. The van der Waals surface area contributed by atoms with Gasteiger partial charge in [-0.1, -0.05) is 0 Å². The third-order valence-electron chi connectivity index (χ3n) is 2.29. The van der Waals surface area contributed by atoms with Crippen LogP contribution >= 0.6 is 0 Å². The number of hydrogen-bond donors (Lipinski definition) is 2. The summed E-state index contributed by atoms with van der Waals surface area (Å²) < 4.78 is 0. The summed E-state index contributed by atoms with van der Waals surface area (Å²) in [6.45, 7) is 1.92. The van der Waals surface area contributed by atoms with E-state index in [4.69, 9.17) is 5.11 Å². The molecule has 2 aromatic rings. The molecular formula is C10H9N5O7. The van der Waals surface area contributed by atoms with E-state index in [1.165, 1.54) is 0 Å². The van der Waals surface area contributed by atoms with Crippen LogP contribution in [0.3, 0.4) is 0 Å². The van der Waals surface area contributed by atoms with Crippen molar-refractivity contribution in [2.24, 2.45) is 0 Å². The lowest BCUT2D eigenvalue weighted by atomic mass is 10.2. The Morgan fingerprint density at radius 2 is 1.55 bits per heavy atom. The fourth-order valence-corrected chi connectivity index (χ4v) is 1.32. The predicted molar refractivity (Wildman–Crippen MR) is 71.4 cm³/mol. The smallest absolute Gasteiger partial charge is 0.324 e. The molecule has 2 rings (SSSR count). The number of H-pyrrole nitrogens is 1. The number of benzene rings is 1. The number of nitro benzene ring substituents is 3. The van der Waals surface area contributed by atoms with Gasteiger partial charge >= 0.3 is 11.4 Å². The maximum absolute atomic E-state index is 10.4. The molecule has 0 spiro atoms. The van der Waals surface area contributed by atoms with Gasteiger partial charge in [0.1, 0.15) is 5.82 Å². The Kier molecular flexibility index (Phi) is 5.05. The third kappa shape index (κ3) is 3.96. The Morgan fingerprint density at radius 3 is 1.77 bits per heavy atom. The van der Waals surface area contributed by atoms with Crippen LogP contribution < -0.4 is 0 Å². The molecule has 0 amide bonds. The fraction of sp³-hybridized carbons (Fsp3) is 0.100. The molecule has 12 heteroatoms. The number of hydrogen-bond acceptors (Lipinski definition) is 8. The summed E-state index contributed by atoms with van der Waals surface area (Å²) in [5, 5.41) is 40.2. The number of aromatic hydroxyl groups is 1. The van der Waals surface area contributed by atoms with Crippen LogP contribution in [0.2, 0.25) is 0 Å². The minimum Gasteiger partial charge on any atom is -0.497 e. The lowest BCUT2D eigenvalue weighted by molar-refractivity contribution is -0.404. The highest BCUT2D eigenvalue weighted by atomic mass is 16.6. The second-order valence-electron chi connectivity index (χ2n) is 3.78. The van der Waals surface area contributed by atoms with Gasteiger partial charge in [0.2, 0.25) is 0 Å². The van der Waals surface area contributed by atoms with Crippen molar-refractivity contribution in [3.05, 3.63) is 60.7 Å². The zero-order chi connectivity index (χ0) is 16.9. The van der Waals surface area contributed by atoms with Gasteiger partial charge in [-0.3, -0.25) is 30.3 Å². The number of aryl methyl sites for hydroxylation is 1. The van der Waals surface area contributed by atoms with Crippen LogP contribution in [0, 0.1) is 37.3 Å². The van der Waals surface area contributed by atoms with Gasteiger partial charge in [-0.2, -0.15) is 0 Å². The van der Waals surface area contributed by atoms with E-state index >= 15 is 0 Å². The second kappa shape index (κ2) is 6.74. The maximum Gasteiger partial charge on any atom is 0.324 e. The van der Waals surface area contributed by atoms with Gasteiger partial charge in [0, 0.05) is 12.4 Å². The summed E-state index contributed by atoms with van der Waals surface area (Å²) in [4.78, 5) is 34.5. The molecule has 1 aromatic heterocycles. The normalized spacial score (nSPS) is 9.50. The molecule has 1 heterocycles. The molecule has 0 bridgehead atoms. The van der Waals surface area contributed by atoms with Gasteiger partial charge in [0.05, 0.1) is 26.9 Å². The summed E-state index contributed by atoms with van der Waals surface area (Å²) in [5.41, 5.74) is -3.00. The number of nitrogens with one attached hydrogen (secondary N) is 1. The first kappa shape index (κ1) is 16.5. The monoisotopic (exact) mass is 311 g/mol. The highest BCUT2D eigenvalue weighted by Crippen LogP contribution is 2.38. The highest BCUT2D eigenvalue weighted by Gasteiger charge is 2.30. The minimum atomic E-state index is -1.21. The number of phenols is 1. The quantitative estimate of drug-likeness (QED) is 0.636. The van der Waals surface area contributed by atoms with Crippen LogP contribution in [0.25, 0.3) is 0 Å². The topological polar surface area (TPSA) is 178 Å². The van der Waals surface area contributed by atoms with Crippen molar-refractivity contribution in [3.8, 4) is 5.75 Å². The Hall–Kier alpha value is -3.57. The predicted octanol–water partition coefficient (Wildman–Crippen LogP) is 1.83. The van der Waals surface area contributed by atoms with Crippen molar-refractivity contribution in [2.45, 2.75) is 6.92 Å². The maximum atomic E-state index is 10.4. The Morgan fingerprint density at radius 1 is 1.05 bits per heavy atom. The minimum absolute atomic E-state index is 0.447. The standard InChI is InChI=1S/C6H3N3O7.C4H6N2/c10-6-4(8(13)14)1-3(7(11)12)2-5(6)9(15)16;1-4-5-2-3-6-4/h1-2,10H;2-3H,1H3,(H,5,6). The van der Waals surface area contributed by atoms with Crippen LogP contribution in [-0.2, 0) is 0 Å². The molecule has 116 valence electrons. The number of phenolic OH excluding ortho intramolecular Hbond substituents is 1. The number of nitrogens with zero attached hydrogens (tertiary/aromatic N) is 4. The lowest BCUT2D eigenvalue weighted by Crippen LogP contribution is -1.97. The Bertz CT molecular complexity index is 677. The second-order valence-corrected chi connectivity index (χ2v) is 3.78. The molecule has 0 fully saturated rings. The molecule has 0 aliphatic heterocycles. The van der Waals surface area contributed by atoms with Crippen LogP contribution in [0.1, 0.15) is 5.82 Å². The molecule has 0 aliphatic rings. The molecule has 0 saturated heterocycles. The molecule has 12 nitrogen and oxygen atoms in total. The van der Waals surface area contributed by atoms with Crippen LogP contribution in [0.5, 0.6) is 5.75 Å². The van der Waals surface area contributed by atoms with E-state index in [1.54, 1.807) is 12.4 Å². The van der Waals surface area contributed by atoms with Crippen LogP contribution in [0.15, 0.2) is 24.5 Å². The van der Waals surface area contributed by atoms with Crippen molar-refractivity contribution in [2.75, 3.05) is 0 Å². The third-order valence-corrected chi connectivity index (χ3v) is 2.29. The van der Waals surface area contributed by atoms with Gasteiger partial charge in [-0.05, 0) is 6.92 Å². The molecule has 22 heavy (non-hydrogen) atoms. The summed E-state index contributed by atoms with van der Waals surface area (Å²) in [5.74, 6) is -0.240.